The van der Waals surface area contributed by atoms with Crippen LogP contribution >= 0.6 is 15.9 Å². The second kappa shape index (κ2) is 3.59. The van der Waals surface area contributed by atoms with E-state index in [4.69, 9.17) is 0 Å². The molecular formula is C5H5BrF4O2. The molecule has 0 saturated heterocycles. The number of rotatable bonds is 3. The highest BCUT2D eigenvalue weighted by molar-refractivity contribution is 9.10. The Hall–Kier alpha value is -0.330. The molecule has 0 aromatic rings. The summed E-state index contributed by atoms with van der Waals surface area (Å²) in [6.07, 6.45) is 0. The first-order valence-electron chi connectivity index (χ1n) is 2.74. The average molecular weight is 253 g/mol. The van der Waals surface area contributed by atoms with Gasteiger partial charge in [0.2, 0.25) is 0 Å². The number of esters is 1. The van der Waals surface area contributed by atoms with Gasteiger partial charge in [0.25, 0.3) is 0 Å². The van der Waals surface area contributed by atoms with Crippen LogP contribution in [0.25, 0.3) is 0 Å². The van der Waals surface area contributed by atoms with Crippen LogP contribution in [0, 0.1) is 0 Å². The Labute approximate surface area is 74.0 Å². The van der Waals surface area contributed by atoms with Crippen molar-refractivity contribution in [2.75, 3.05) is 6.67 Å². The topological polar surface area (TPSA) is 26.3 Å². The van der Waals surface area contributed by atoms with Crippen molar-refractivity contribution in [1.82, 2.24) is 0 Å². The van der Waals surface area contributed by atoms with Crippen molar-refractivity contribution in [3.05, 3.63) is 0 Å². The molecule has 1 atom stereocenters. The molecule has 0 aromatic heterocycles. The van der Waals surface area contributed by atoms with E-state index in [0.29, 0.717) is 6.92 Å². The van der Waals surface area contributed by atoms with Crippen LogP contribution in [0.4, 0.5) is 17.6 Å². The minimum absolute atomic E-state index is 0.697. The Morgan fingerprint density at radius 1 is 1.50 bits per heavy atom. The van der Waals surface area contributed by atoms with Crippen LogP contribution in [-0.4, -0.2) is 23.3 Å². The third-order valence-corrected chi connectivity index (χ3v) is 1.49. The molecule has 0 heterocycles. The summed E-state index contributed by atoms with van der Waals surface area (Å²) in [7, 11) is 0. The highest BCUT2D eigenvalue weighted by atomic mass is 79.9. The molecule has 72 valence electrons. The molecule has 0 radical (unpaired) electrons. The van der Waals surface area contributed by atoms with Gasteiger partial charge in [-0.05, 0) is 15.9 Å². The molecule has 0 aliphatic carbocycles. The van der Waals surface area contributed by atoms with E-state index in [-0.39, 0.29) is 0 Å². The molecule has 0 spiro atoms. The molecule has 0 fully saturated rings. The smallest absolute Gasteiger partial charge is 0.372 e. The average Bonchev–Trinajstić information content (AvgIpc) is 1.83. The minimum Gasteiger partial charge on any atom is -0.419 e. The second-order valence-electron chi connectivity index (χ2n) is 1.95. The van der Waals surface area contributed by atoms with E-state index in [9.17, 15) is 22.4 Å². The zero-order chi connectivity index (χ0) is 9.99. The molecule has 7 heteroatoms. The molecule has 0 saturated carbocycles. The van der Waals surface area contributed by atoms with Crippen molar-refractivity contribution >= 4 is 21.9 Å². The van der Waals surface area contributed by atoms with Gasteiger partial charge in [-0.15, -0.1) is 0 Å². The SMILES string of the molecule is CC(=O)OC(F)(CF)C(F)(F)Br. The summed E-state index contributed by atoms with van der Waals surface area (Å²) in [5.41, 5.74) is 0. The Kier molecular flexibility index (Phi) is 3.49. The molecule has 0 N–H and O–H groups in total. The zero-order valence-electron chi connectivity index (χ0n) is 5.91. The lowest BCUT2D eigenvalue weighted by Gasteiger charge is -2.25. The van der Waals surface area contributed by atoms with Gasteiger partial charge in [-0.3, -0.25) is 4.79 Å². The van der Waals surface area contributed by atoms with Gasteiger partial charge in [-0.2, -0.15) is 13.2 Å². The van der Waals surface area contributed by atoms with Gasteiger partial charge in [-0.1, -0.05) is 0 Å². The Balaban J connectivity index is 4.56. The number of hydrogen-bond donors (Lipinski definition) is 0. The molecule has 0 aliphatic rings. The van der Waals surface area contributed by atoms with Gasteiger partial charge in [0.05, 0.1) is 0 Å². The van der Waals surface area contributed by atoms with Crippen LogP contribution in [0.5, 0.6) is 0 Å². The summed E-state index contributed by atoms with van der Waals surface area (Å²) in [5, 5.41) is 0. The van der Waals surface area contributed by atoms with Gasteiger partial charge < -0.3 is 4.74 Å². The zero-order valence-corrected chi connectivity index (χ0v) is 7.50. The first-order valence-corrected chi connectivity index (χ1v) is 3.53. The highest BCUT2D eigenvalue weighted by Crippen LogP contribution is 2.39. The molecule has 12 heavy (non-hydrogen) atoms. The Morgan fingerprint density at radius 2 is 1.92 bits per heavy atom. The fourth-order valence-corrected chi connectivity index (χ4v) is 0.576. The summed E-state index contributed by atoms with van der Waals surface area (Å²) >= 11 is 1.56. The molecule has 0 rings (SSSR count). The van der Waals surface area contributed by atoms with Crippen molar-refractivity contribution in [3.8, 4) is 0 Å². The maximum atomic E-state index is 12.7. The number of hydrogen-bond acceptors (Lipinski definition) is 2. The van der Waals surface area contributed by atoms with Crippen molar-refractivity contribution in [2.24, 2.45) is 0 Å². The van der Waals surface area contributed by atoms with E-state index >= 15 is 0 Å². The number of carbonyl (C=O) groups is 1. The predicted molar refractivity (Wildman–Crippen MR) is 35.5 cm³/mol. The lowest BCUT2D eigenvalue weighted by molar-refractivity contribution is -0.234. The van der Waals surface area contributed by atoms with Crippen molar-refractivity contribution < 1.29 is 27.1 Å². The summed E-state index contributed by atoms with van der Waals surface area (Å²) in [6.45, 7) is -1.42. The number of halogens is 5. The fourth-order valence-electron chi connectivity index (χ4n) is 0.389. The van der Waals surface area contributed by atoms with Crippen LogP contribution in [0.3, 0.4) is 0 Å². The van der Waals surface area contributed by atoms with Crippen molar-refractivity contribution in [1.29, 1.82) is 0 Å². The lowest BCUT2D eigenvalue weighted by atomic mass is 10.3. The quantitative estimate of drug-likeness (QED) is 0.437. The third kappa shape index (κ3) is 2.62. The Bertz CT molecular complexity index is 181. The maximum Gasteiger partial charge on any atom is 0.372 e. The predicted octanol–water partition coefficient (Wildman–Crippen LogP) is 2.17. The van der Waals surface area contributed by atoms with Crippen molar-refractivity contribution in [2.45, 2.75) is 17.6 Å². The maximum absolute atomic E-state index is 12.7. The number of carbonyl (C=O) groups excluding carboxylic acids is 1. The normalized spacial score (nSPS) is 16.8. The van der Waals surface area contributed by atoms with E-state index in [1.54, 1.807) is 15.9 Å². The molecule has 0 amide bonds. The van der Waals surface area contributed by atoms with Gasteiger partial charge in [-0.25, -0.2) is 4.39 Å². The minimum atomic E-state index is -4.24. The second-order valence-corrected chi connectivity index (χ2v) is 2.95. The van der Waals surface area contributed by atoms with Gasteiger partial charge in [0, 0.05) is 6.92 Å². The third-order valence-electron chi connectivity index (χ3n) is 0.901. The lowest BCUT2D eigenvalue weighted by Crippen LogP contribution is -2.45. The summed E-state index contributed by atoms with van der Waals surface area (Å²) in [5.74, 6) is -5.26. The van der Waals surface area contributed by atoms with E-state index in [0.717, 1.165) is 0 Å². The standard InChI is InChI=1S/C5H5BrF4O2/c1-3(11)12-4(8,2-7)5(6,9)10/h2H2,1H3. The van der Waals surface area contributed by atoms with E-state index in [2.05, 4.69) is 4.74 Å². The van der Waals surface area contributed by atoms with Crippen LogP contribution in [0.1, 0.15) is 6.92 Å². The Morgan fingerprint density at radius 3 is 2.00 bits per heavy atom. The van der Waals surface area contributed by atoms with Crippen LogP contribution in [0.15, 0.2) is 0 Å². The van der Waals surface area contributed by atoms with Crippen LogP contribution in [0.2, 0.25) is 0 Å². The summed E-state index contributed by atoms with van der Waals surface area (Å²) in [6, 6.07) is 0. The molecule has 2 nitrogen and oxygen atoms in total. The summed E-state index contributed by atoms with van der Waals surface area (Å²) in [4.78, 5) is 5.85. The molecule has 0 aromatic carbocycles. The number of alkyl halides is 5. The van der Waals surface area contributed by atoms with E-state index in [1.165, 1.54) is 0 Å². The molecule has 0 aliphatic heterocycles. The molecule has 1 unspecified atom stereocenters. The first-order chi connectivity index (χ1) is 5.23. The fraction of sp³-hybridized carbons (Fsp3) is 0.800. The van der Waals surface area contributed by atoms with Gasteiger partial charge in [0.15, 0.2) is 6.67 Å². The van der Waals surface area contributed by atoms with Crippen LogP contribution < -0.4 is 0 Å². The first kappa shape index (κ1) is 11.7. The van der Waals surface area contributed by atoms with Crippen LogP contribution in [-0.2, 0) is 9.53 Å². The monoisotopic (exact) mass is 252 g/mol. The largest absolute Gasteiger partial charge is 0.419 e. The van der Waals surface area contributed by atoms with Gasteiger partial charge >= 0.3 is 16.7 Å². The number of ether oxygens (including phenoxy) is 1. The molecular weight excluding hydrogens is 248 g/mol. The highest BCUT2D eigenvalue weighted by Gasteiger charge is 2.57. The van der Waals surface area contributed by atoms with Crippen molar-refractivity contribution in [3.63, 3.8) is 0 Å². The summed E-state index contributed by atoms with van der Waals surface area (Å²) < 4.78 is 52.2. The van der Waals surface area contributed by atoms with E-state index in [1.807, 2.05) is 0 Å². The van der Waals surface area contributed by atoms with Gasteiger partial charge in [0.1, 0.15) is 0 Å². The van der Waals surface area contributed by atoms with E-state index < -0.39 is 23.3 Å². The molecule has 0 bridgehead atoms.